The van der Waals surface area contributed by atoms with Crippen molar-refractivity contribution in [2.45, 2.75) is 128 Å². The van der Waals surface area contributed by atoms with E-state index in [1.807, 2.05) is 47.6 Å². The van der Waals surface area contributed by atoms with Gasteiger partial charge in [0.25, 0.3) is 15.9 Å². The van der Waals surface area contributed by atoms with Gasteiger partial charge >= 0.3 is 0 Å². The standard InChI is InChI=1S/C45H70N6O9S/c1-12-30(6)40(50(9)45(56)39(29(4)5)48-44(55)38(46-8)28(2)3)36(59-10)27-37(52)51-25-19-24-35(51)41(60-11)31(7)42(53)47-34(26-32-20-15-13-16-21-32)43(54)49-61(57,58)33-22-17-14-18-23-33/h13-18,20-23,28-31,34-36,38-41,46H,12,19,24-27H2,1-11H3,(H,47,53)(H,48,55)(H,49,54)/t30-,31+,34-,35-,36+,38?,39-,40-,41+/m0/s1. The fourth-order valence-corrected chi connectivity index (χ4v) is 9.31. The third-order valence-corrected chi connectivity index (χ3v) is 13.3. The zero-order chi connectivity index (χ0) is 45.6. The molecule has 1 aliphatic heterocycles. The van der Waals surface area contributed by atoms with Gasteiger partial charge in [-0.3, -0.25) is 24.0 Å². The van der Waals surface area contributed by atoms with Crippen LogP contribution in [0, 0.1) is 23.7 Å². The summed E-state index contributed by atoms with van der Waals surface area (Å²) in [7, 11) is 2.16. The number of hydrogen-bond donors (Lipinski definition) is 4. The van der Waals surface area contributed by atoms with Gasteiger partial charge in [0.05, 0.1) is 47.6 Å². The minimum absolute atomic E-state index is 0.00115. The van der Waals surface area contributed by atoms with Gasteiger partial charge in [0.15, 0.2) is 0 Å². The van der Waals surface area contributed by atoms with Crippen molar-refractivity contribution in [3.05, 3.63) is 66.2 Å². The second-order valence-corrected chi connectivity index (χ2v) is 18.5. The number of likely N-dealkylation sites (N-methyl/N-ethyl adjacent to an activating group) is 2. The van der Waals surface area contributed by atoms with Gasteiger partial charge in [-0.25, -0.2) is 13.1 Å². The third kappa shape index (κ3) is 13.6. The molecule has 9 atom stereocenters. The monoisotopic (exact) mass is 870 g/mol. The second-order valence-electron chi connectivity index (χ2n) is 16.9. The average molecular weight is 871 g/mol. The molecule has 1 heterocycles. The molecule has 16 heteroatoms. The number of nitrogens with zero attached hydrogens (tertiary/aromatic N) is 2. The van der Waals surface area contributed by atoms with Crippen molar-refractivity contribution in [1.29, 1.82) is 0 Å². The number of amides is 5. The predicted octanol–water partition coefficient (Wildman–Crippen LogP) is 3.52. The quantitative estimate of drug-likeness (QED) is 0.129. The summed E-state index contributed by atoms with van der Waals surface area (Å²) in [6, 6.07) is 12.9. The van der Waals surface area contributed by atoms with E-state index in [0.717, 1.165) is 0 Å². The summed E-state index contributed by atoms with van der Waals surface area (Å²) in [6.07, 6.45) is 0.385. The number of hydrogen-bond acceptors (Lipinski definition) is 10. The molecule has 4 N–H and O–H groups in total. The van der Waals surface area contributed by atoms with Crippen LogP contribution in [0.25, 0.3) is 0 Å². The normalized spacial score (nSPS) is 18.3. The van der Waals surface area contributed by atoms with Crippen molar-refractivity contribution < 1.29 is 41.9 Å². The molecule has 0 radical (unpaired) electrons. The average Bonchev–Trinajstić information content (AvgIpc) is 3.72. The Morgan fingerprint density at radius 3 is 1.93 bits per heavy atom. The smallest absolute Gasteiger partial charge is 0.264 e. The molecule has 0 aliphatic carbocycles. The van der Waals surface area contributed by atoms with Crippen LogP contribution in [0.1, 0.15) is 79.7 Å². The van der Waals surface area contributed by atoms with Crippen LogP contribution in [0.2, 0.25) is 0 Å². The van der Waals surface area contributed by atoms with Crippen LogP contribution < -0.4 is 20.7 Å². The summed E-state index contributed by atoms with van der Waals surface area (Å²) < 4.78 is 40.3. The maximum Gasteiger partial charge on any atom is 0.264 e. The molecule has 2 aromatic carbocycles. The lowest BCUT2D eigenvalue weighted by Gasteiger charge is -2.41. The first kappa shape index (κ1) is 51.0. The number of nitrogens with one attached hydrogen (secondary N) is 4. The van der Waals surface area contributed by atoms with E-state index in [9.17, 15) is 32.4 Å². The second kappa shape index (κ2) is 23.7. The highest BCUT2D eigenvalue weighted by Gasteiger charge is 2.43. The fraction of sp³-hybridized carbons (Fsp3) is 0.622. The van der Waals surface area contributed by atoms with E-state index in [1.165, 1.54) is 26.4 Å². The summed E-state index contributed by atoms with van der Waals surface area (Å²) in [5.74, 6) is -3.38. The summed E-state index contributed by atoms with van der Waals surface area (Å²) in [5, 5.41) is 8.78. The van der Waals surface area contributed by atoms with E-state index in [1.54, 1.807) is 73.3 Å². The molecular weight excluding hydrogens is 801 g/mol. The number of likely N-dealkylation sites (tertiary alicyclic amines) is 1. The van der Waals surface area contributed by atoms with Crippen molar-refractivity contribution in [2.24, 2.45) is 23.7 Å². The largest absolute Gasteiger partial charge is 0.379 e. The van der Waals surface area contributed by atoms with Gasteiger partial charge < -0.3 is 35.2 Å². The lowest BCUT2D eigenvalue weighted by Crippen LogP contribution is -2.59. The zero-order valence-electron chi connectivity index (χ0n) is 37.8. The van der Waals surface area contributed by atoms with E-state index in [-0.39, 0.29) is 53.2 Å². The molecule has 3 rings (SSSR count). The highest BCUT2D eigenvalue weighted by atomic mass is 32.2. The van der Waals surface area contributed by atoms with Crippen LogP contribution in [-0.2, 0) is 49.9 Å². The molecular formula is C45H70N6O9S. The molecule has 1 fully saturated rings. The number of carbonyl (C=O) groups excluding carboxylic acids is 5. The Kier molecular flexibility index (Phi) is 19.8. The molecule has 2 aromatic rings. The number of benzene rings is 2. The molecule has 0 saturated carbocycles. The number of ether oxygens (including phenoxy) is 2. The van der Waals surface area contributed by atoms with Crippen LogP contribution in [0.4, 0.5) is 0 Å². The Morgan fingerprint density at radius 1 is 0.820 bits per heavy atom. The summed E-state index contributed by atoms with van der Waals surface area (Å²) in [5.41, 5.74) is 0.706. The Hall–Kier alpha value is -4.38. The Balaban J connectivity index is 1.82. The zero-order valence-corrected chi connectivity index (χ0v) is 38.7. The van der Waals surface area contributed by atoms with Gasteiger partial charge in [-0.15, -0.1) is 0 Å². The molecule has 0 aromatic heterocycles. The van der Waals surface area contributed by atoms with Gasteiger partial charge in [-0.1, -0.05) is 103 Å². The van der Waals surface area contributed by atoms with Crippen LogP contribution in [0.5, 0.6) is 0 Å². The predicted molar refractivity (Wildman–Crippen MR) is 234 cm³/mol. The van der Waals surface area contributed by atoms with Gasteiger partial charge in [0, 0.05) is 34.2 Å². The molecule has 340 valence electrons. The maximum atomic E-state index is 14.3. The van der Waals surface area contributed by atoms with Crippen molar-refractivity contribution in [1.82, 2.24) is 30.5 Å². The molecule has 0 spiro atoms. The number of carbonyl (C=O) groups is 5. The first-order valence-corrected chi connectivity index (χ1v) is 22.9. The molecule has 61 heavy (non-hydrogen) atoms. The van der Waals surface area contributed by atoms with Crippen molar-refractivity contribution in [2.75, 3.05) is 34.9 Å². The van der Waals surface area contributed by atoms with E-state index in [2.05, 4.69) is 20.7 Å². The first-order chi connectivity index (χ1) is 28.8. The Bertz CT molecular complexity index is 1850. The van der Waals surface area contributed by atoms with Gasteiger partial charge in [0.1, 0.15) is 12.1 Å². The maximum absolute atomic E-state index is 14.3. The van der Waals surface area contributed by atoms with Gasteiger partial charge in [-0.2, -0.15) is 0 Å². The van der Waals surface area contributed by atoms with E-state index in [4.69, 9.17) is 9.47 Å². The van der Waals surface area contributed by atoms with Gasteiger partial charge in [-0.05, 0) is 55.3 Å². The lowest BCUT2D eigenvalue weighted by atomic mass is 9.89. The molecule has 0 bridgehead atoms. The van der Waals surface area contributed by atoms with Crippen molar-refractivity contribution >= 4 is 39.6 Å². The molecule has 1 saturated heterocycles. The highest BCUT2D eigenvalue weighted by Crippen LogP contribution is 2.30. The highest BCUT2D eigenvalue weighted by molar-refractivity contribution is 7.90. The fourth-order valence-electron chi connectivity index (χ4n) is 8.27. The Labute approximate surface area is 363 Å². The number of rotatable bonds is 23. The third-order valence-electron chi connectivity index (χ3n) is 12.0. The molecule has 15 nitrogen and oxygen atoms in total. The molecule has 5 amide bonds. The Morgan fingerprint density at radius 2 is 1.41 bits per heavy atom. The number of methoxy groups -OCH3 is 2. The van der Waals surface area contributed by atoms with Crippen LogP contribution in [-0.4, -0.2) is 125 Å². The summed E-state index contributed by atoms with van der Waals surface area (Å²) in [6.45, 7) is 13.7. The van der Waals surface area contributed by atoms with Crippen molar-refractivity contribution in [3.63, 3.8) is 0 Å². The van der Waals surface area contributed by atoms with Gasteiger partial charge in [0.2, 0.25) is 23.6 Å². The van der Waals surface area contributed by atoms with Crippen molar-refractivity contribution in [3.8, 4) is 0 Å². The SMILES string of the molecule is CC[C@H](C)[C@@H]([C@@H](CC(=O)N1CCC[C@H]1[C@H](OC)[C@@H](C)C(=O)N[C@@H](Cc1ccccc1)C(=O)NS(=O)(=O)c1ccccc1)OC)N(C)C(=O)[C@@H](NC(=O)C(NC)C(C)C)C(C)C. The first-order valence-electron chi connectivity index (χ1n) is 21.4. The van der Waals surface area contributed by atoms with E-state index >= 15 is 0 Å². The molecule has 1 unspecified atom stereocenters. The summed E-state index contributed by atoms with van der Waals surface area (Å²) >= 11 is 0. The lowest BCUT2D eigenvalue weighted by molar-refractivity contribution is -0.148. The van der Waals surface area contributed by atoms with Crippen LogP contribution in [0.15, 0.2) is 65.6 Å². The number of sulfonamides is 1. The minimum Gasteiger partial charge on any atom is -0.379 e. The van der Waals surface area contributed by atoms with E-state index in [0.29, 0.717) is 31.4 Å². The molecule has 1 aliphatic rings. The topological polar surface area (TPSA) is 193 Å². The van der Waals surface area contributed by atoms with Crippen LogP contribution >= 0.6 is 0 Å². The minimum atomic E-state index is -4.23. The van der Waals surface area contributed by atoms with E-state index < -0.39 is 70.2 Å². The summed E-state index contributed by atoms with van der Waals surface area (Å²) in [4.78, 5) is 72.7. The van der Waals surface area contributed by atoms with Crippen LogP contribution in [0.3, 0.4) is 0 Å².